The molecule has 1 aromatic heterocycles. The van der Waals surface area contributed by atoms with Crippen molar-refractivity contribution in [3.8, 4) is 5.75 Å². The summed E-state index contributed by atoms with van der Waals surface area (Å²) in [6, 6.07) is 5.05. The van der Waals surface area contributed by atoms with Crippen LogP contribution in [0.5, 0.6) is 5.75 Å². The Kier molecular flexibility index (Phi) is 4.75. The number of hydrogen-bond acceptors (Lipinski definition) is 5. The van der Waals surface area contributed by atoms with Gasteiger partial charge in [0.1, 0.15) is 11.6 Å². The second-order valence-corrected chi connectivity index (χ2v) is 6.27. The molecule has 0 spiro atoms. The van der Waals surface area contributed by atoms with Crippen molar-refractivity contribution in [1.29, 1.82) is 0 Å². The van der Waals surface area contributed by atoms with Crippen molar-refractivity contribution >= 4 is 17.5 Å². The van der Waals surface area contributed by atoms with Crippen molar-refractivity contribution in [1.82, 2.24) is 15.3 Å². The first kappa shape index (κ1) is 17.7. The van der Waals surface area contributed by atoms with Crippen LogP contribution in [0.3, 0.4) is 0 Å². The summed E-state index contributed by atoms with van der Waals surface area (Å²) >= 11 is 0. The number of carbonyl (C=O) groups is 2. The Labute approximate surface area is 150 Å². The van der Waals surface area contributed by atoms with E-state index in [1.165, 1.54) is 0 Å². The van der Waals surface area contributed by atoms with Crippen LogP contribution in [0.1, 0.15) is 35.6 Å². The predicted molar refractivity (Wildman–Crippen MR) is 95.2 cm³/mol. The highest BCUT2D eigenvalue weighted by Crippen LogP contribution is 2.30. The van der Waals surface area contributed by atoms with E-state index < -0.39 is 0 Å². The second-order valence-electron chi connectivity index (χ2n) is 6.27. The van der Waals surface area contributed by atoms with Crippen molar-refractivity contribution in [2.24, 2.45) is 0 Å². The number of amides is 2. The summed E-state index contributed by atoms with van der Waals surface area (Å²) < 4.78 is 5.32. The summed E-state index contributed by atoms with van der Waals surface area (Å²) in [5.41, 5.74) is 1.99. The van der Waals surface area contributed by atoms with E-state index in [1.807, 2.05) is 13.0 Å². The molecule has 2 amide bonds. The van der Waals surface area contributed by atoms with Gasteiger partial charge in [0.15, 0.2) is 6.61 Å². The number of fused-ring (bicyclic) bond motifs is 1. The number of anilines is 1. The minimum Gasteiger partial charge on any atom is -0.482 e. The van der Waals surface area contributed by atoms with Crippen LogP contribution in [0.4, 0.5) is 5.69 Å². The highest BCUT2D eigenvalue weighted by molar-refractivity contribution is 5.95. The standard InChI is InChI=1S/C18H20N4O4/c1-9(12-4-5-15-14(6-12)22-17(24)8-26-15)20-16(23)7-13-10(2)19-11(3)21-18(13)25/h4-6,9H,7-8H2,1-3H3,(H,20,23)(H,22,24)(H,19,21,25). The van der Waals surface area contributed by atoms with Gasteiger partial charge in [0.05, 0.1) is 18.2 Å². The Bertz CT molecular complexity index is 935. The largest absolute Gasteiger partial charge is 0.482 e. The molecule has 0 saturated carbocycles. The molecule has 26 heavy (non-hydrogen) atoms. The smallest absolute Gasteiger partial charge is 0.262 e. The number of H-pyrrole nitrogens is 1. The zero-order chi connectivity index (χ0) is 18.8. The molecule has 136 valence electrons. The number of ether oxygens (including phenoxy) is 1. The number of carbonyl (C=O) groups excluding carboxylic acids is 2. The van der Waals surface area contributed by atoms with E-state index in [0.717, 1.165) is 5.56 Å². The minimum absolute atomic E-state index is 0.00286. The van der Waals surface area contributed by atoms with Gasteiger partial charge in [0.2, 0.25) is 5.91 Å². The molecule has 2 aromatic rings. The van der Waals surface area contributed by atoms with Crippen molar-refractivity contribution in [3.63, 3.8) is 0 Å². The Morgan fingerprint density at radius 3 is 2.85 bits per heavy atom. The van der Waals surface area contributed by atoms with Crippen molar-refractivity contribution in [2.75, 3.05) is 11.9 Å². The fraction of sp³-hybridized carbons (Fsp3) is 0.333. The fourth-order valence-corrected chi connectivity index (χ4v) is 2.87. The lowest BCUT2D eigenvalue weighted by Crippen LogP contribution is -2.31. The van der Waals surface area contributed by atoms with E-state index in [0.29, 0.717) is 28.5 Å². The molecule has 2 heterocycles. The average molecular weight is 356 g/mol. The van der Waals surface area contributed by atoms with Crippen LogP contribution in [0.15, 0.2) is 23.0 Å². The molecule has 1 unspecified atom stereocenters. The molecule has 1 aliphatic rings. The Morgan fingerprint density at radius 2 is 2.12 bits per heavy atom. The van der Waals surface area contributed by atoms with Crippen molar-refractivity contribution in [2.45, 2.75) is 33.2 Å². The van der Waals surface area contributed by atoms with Crippen LogP contribution in [0, 0.1) is 13.8 Å². The summed E-state index contributed by atoms with van der Waals surface area (Å²) in [6.07, 6.45) is -0.0520. The first-order valence-corrected chi connectivity index (χ1v) is 8.26. The normalized spacial score (nSPS) is 14.0. The van der Waals surface area contributed by atoms with E-state index in [-0.39, 0.29) is 36.4 Å². The number of nitrogens with zero attached hydrogens (tertiary/aromatic N) is 1. The lowest BCUT2D eigenvalue weighted by atomic mass is 10.1. The van der Waals surface area contributed by atoms with Crippen LogP contribution in [0.25, 0.3) is 0 Å². The second kappa shape index (κ2) is 6.99. The number of rotatable bonds is 4. The molecule has 0 fully saturated rings. The van der Waals surface area contributed by atoms with Gasteiger partial charge >= 0.3 is 0 Å². The molecule has 1 aromatic carbocycles. The molecule has 3 N–H and O–H groups in total. The van der Waals surface area contributed by atoms with Crippen LogP contribution >= 0.6 is 0 Å². The topological polar surface area (TPSA) is 113 Å². The summed E-state index contributed by atoms with van der Waals surface area (Å²) in [7, 11) is 0. The predicted octanol–water partition coefficient (Wildman–Crippen LogP) is 1.14. The van der Waals surface area contributed by atoms with Crippen LogP contribution in [0.2, 0.25) is 0 Å². The third-order valence-electron chi connectivity index (χ3n) is 4.19. The van der Waals surface area contributed by atoms with Crippen LogP contribution in [-0.2, 0) is 16.0 Å². The third-order valence-corrected chi connectivity index (χ3v) is 4.19. The van der Waals surface area contributed by atoms with Gasteiger partial charge in [0.25, 0.3) is 11.5 Å². The quantitative estimate of drug-likeness (QED) is 0.760. The SMILES string of the molecule is Cc1nc(C)c(CC(=O)NC(C)c2ccc3c(c2)NC(=O)CO3)c(=O)[nH]1. The maximum absolute atomic E-state index is 12.3. The maximum Gasteiger partial charge on any atom is 0.262 e. The minimum atomic E-state index is -0.301. The highest BCUT2D eigenvalue weighted by Gasteiger charge is 2.19. The van der Waals surface area contributed by atoms with Crippen molar-refractivity contribution < 1.29 is 14.3 Å². The fourth-order valence-electron chi connectivity index (χ4n) is 2.87. The van der Waals surface area contributed by atoms with Gasteiger partial charge in [-0.25, -0.2) is 4.98 Å². The lowest BCUT2D eigenvalue weighted by Gasteiger charge is -2.21. The number of nitrogens with one attached hydrogen (secondary N) is 3. The van der Waals surface area contributed by atoms with E-state index in [2.05, 4.69) is 20.6 Å². The summed E-state index contributed by atoms with van der Waals surface area (Å²) in [4.78, 5) is 42.6. The number of benzene rings is 1. The summed E-state index contributed by atoms with van der Waals surface area (Å²) in [6.45, 7) is 5.23. The van der Waals surface area contributed by atoms with Gasteiger partial charge in [-0.15, -0.1) is 0 Å². The van der Waals surface area contributed by atoms with Gasteiger partial charge in [-0.2, -0.15) is 0 Å². The number of hydrogen-bond donors (Lipinski definition) is 3. The van der Waals surface area contributed by atoms with Gasteiger partial charge in [0, 0.05) is 11.3 Å². The Balaban J connectivity index is 1.71. The molecule has 8 heteroatoms. The first-order chi connectivity index (χ1) is 12.3. The molecule has 0 aliphatic carbocycles. The molecule has 0 bridgehead atoms. The molecule has 0 saturated heterocycles. The van der Waals surface area contributed by atoms with Crippen LogP contribution < -0.4 is 20.9 Å². The Hall–Kier alpha value is -3.16. The lowest BCUT2D eigenvalue weighted by molar-refractivity contribution is -0.121. The van der Waals surface area contributed by atoms with Gasteiger partial charge in [-0.3, -0.25) is 14.4 Å². The van der Waals surface area contributed by atoms with E-state index >= 15 is 0 Å². The zero-order valence-corrected chi connectivity index (χ0v) is 14.8. The third kappa shape index (κ3) is 3.74. The molecule has 0 radical (unpaired) electrons. The zero-order valence-electron chi connectivity index (χ0n) is 14.8. The van der Waals surface area contributed by atoms with E-state index in [4.69, 9.17) is 4.74 Å². The van der Waals surface area contributed by atoms with Gasteiger partial charge < -0.3 is 20.4 Å². The molecule has 3 rings (SSSR count). The number of aromatic amines is 1. The highest BCUT2D eigenvalue weighted by atomic mass is 16.5. The molecule has 8 nitrogen and oxygen atoms in total. The molecule has 1 atom stereocenters. The van der Waals surface area contributed by atoms with E-state index in [1.54, 1.807) is 26.0 Å². The molecular weight excluding hydrogens is 336 g/mol. The summed E-state index contributed by atoms with van der Waals surface area (Å²) in [5.74, 6) is 0.616. The number of aromatic nitrogens is 2. The average Bonchev–Trinajstić information content (AvgIpc) is 2.57. The van der Waals surface area contributed by atoms with Crippen molar-refractivity contribution in [3.05, 3.63) is 51.2 Å². The number of aryl methyl sites for hydroxylation is 2. The van der Waals surface area contributed by atoms with Gasteiger partial charge in [-0.1, -0.05) is 6.07 Å². The van der Waals surface area contributed by atoms with Gasteiger partial charge in [-0.05, 0) is 38.5 Å². The van der Waals surface area contributed by atoms with E-state index in [9.17, 15) is 14.4 Å². The first-order valence-electron chi connectivity index (χ1n) is 8.26. The summed E-state index contributed by atoms with van der Waals surface area (Å²) in [5, 5.41) is 5.60. The molecular formula is C18H20N4O4. The maximum atomic E-state index is 12.3. The molecule has 1 aliphatic heterocycles. The monoisotopic (exact) mass is 356 g/mol. The van der Waals surface area contributed by atoms with Crippen LogP contribution in [-0.4, -0.2) is 28.4 Å². The Morgan fingerprint density at radius 1 is 1.35 bits per heavy atom.